The summed E-state index contributed by atoms with van der Waals surface area (Å²) in [6.07, 6.45) is 0. The molecular weight excluding hydrogens is 286 g/mol. The summed E-state index contributed by atoms with van der Waals surface area (Å²) in [5.41, 5.74) is 0. The highest BCUT2D eigenvalue weighted by molar-refractivity contribution is 7.89. The van der Waals surface area contributed by atoms with Crippen molar-refractivity contribution in [3.63, 3.8) is 0 Å². The lowest BCUT2D eigenvalue weighted by molar-refractivity contribution is 0.358. The average Bonchev–Trinajstić information content (AvgIpc) is 2.33. The molecule has 1 aromatic carbocycles. The molecule has 102 valence electrons. The standard InChI is InChI=1S/C10H12F2N2O2S.ClH/c11-8-1-2-9(12)10(7-8)17(15,16)14-5-3-13-4-6-14;/h1-2,7,13H,3-6H2;1H. The van der Waals surface area contributed by atoms with Gasteiger partial charge >= 0.3 is 0 Å². The molecule has 18 heavy (non-hydrogen) atoms. The van der Waals surface area contributed by atoms with Crippen molar-refractivity contribution >= 4 is 22.4 Å². The number of sulfonamides is 1. The van der Waals surface area contributed by atoms with Gasteiger partial charge < -0.3 is 5.32 Å². The monoisotopic (exact) mass is 298 g/mol. The van der Waals surface area contributed by atoms with Gasteiger partial charge in [0.2, 0.25) is 10.0 Å². The maximum atomic E-state index is 13.4. The Balaban J connectivity index is 0.00000162. The molecule has 0 atom stereocenters. The zero-order valence-corrected chi connectivity index (χ0v) is 11.0. The van der Waals surface area contributed by atoms with Crippen LogP contribution in [0.25, 0.3) is 0 Å². The van der Waals surface area contributed by atoms with E-state index < -0.39 is 26.6 Å². The summed E-state index contributed by atoms with van der Waals surface area (Å²) in [7, 11) is -3.94. The molecule has 0 aromatic heterocycles. The first-order valence-corrected chi connectivity index (χ1v) is 6.62. The number of hydrogen-bond donors (Lipinski definition) is 1. The third-order valence-electron chi connectivity index (χ3n) is 2.59. The summed E-state index contributed by atoms with van der Waals surface area (Å²) in [6, 6.07) is 2.43. The number of rotatable bonds is 2. The van der Waals surface area contributed by atoms with Crippen molar-refractivity contribution in [2.75, 3.05) is 26.2 Å². The van der Waals surface area contributed by atoms with Crippen molar-refractivity contribution in [2.45, 2.75) is 4.90 Å². The van der Waals surface area contributed by atoms with Gasteiger partial charge in [0.15, 0.2) is 0 Å². The van der Waals surface area contributed by atoms with Crippen LogP contribution in [0.15, 0.2) is 23.1 Å². The fraction of sp³-hybridized carbons (Fsp3) is 0.400. The summed E-state index contributed by atoms with van der Waals surface area (Å²) in [4.78, 5) is -0.598. The molecular formula is C10H13ClF2N2O2S. The van der Waals surface area contributed by atoms with Gasteiger partial charge in [-0.05, 0) is 18.2 Å². The highest BCUT2D eigenvalue weighted by Crippen LogP contribution is 2.20. The third kappa shape index (κ3) is 2.97. The van der Waals surface area contributed by atoms with Crippen LogP contribution in [-0.2, 0) is 10.0 Å². The van der Waals surface area contributed by atoms with E-state index in [-0.39, 0.29) is 25.5 Å². The number of piperazine rings is 1. The van der Waals surface area contributed by atoms with Crippen molar-refractivity contribution < 1.29 is 17.2 Å². The Kier molecular flexibility index (Phi) is 5.03. The second-order valence-electron chi connectivity index (χ2n) is 3.73. The van der Waals surface area contributed by atoms with Crippen molar-refractivity contribution in [3.8, 4) is 0 Å². The zero-order valence-electron chi connectivity index (χ0n) is 9.40. The van der Waals surface area contributed by atoms with Gasteiger partial charge in [0.05, 0.1) is 0 Å². The predicted octanol–water partition coefficient (Wildman–Crippen LogP) is 0.980. The van der Waals surface area contributed by atoms with E-state index in [1.54, 1.807) is 0 Å². The highest BCUT2D eigenvalue weighted by Gasteiger charge is 2.28. The highest BCUT2D eigenvalue weighted by atomic mass is 35.5. The van der Waals surface area contributed by atoms with Crippen molar-refractivity contribution in [3.05, 3.63) is 29.8 Å². The SMILES string of the molecule is Cl.O=S(=O)(c1cc(F)ccc1F)N1CCNCC1. The molecule has 0 radical (unpaired) electrons. The molecule has 1 aliphatic heterocycles. The van der Waals surface area contributed by atoms with Gasteiger partial charge in [-0.3, -0.25) is 0 Å². The minimum atomic E-state index is -3.94. The van der Waals surface area contributed by atoms with E-state index in [1.165, 1.54) is 0 Å². The maximum Gasteiger partial charge on any atom is 0.246 e. The third-order valence-corrected chi connectivity index (χ3v) is 4.50. The summed E-state index contributed by atoms with van der Waals surface area (Å²) in [6.45, 7) is 1.54. The Morgan fingerprint density at radius 3 is 2.39 bits per heavy atom. The fourth-order valence-electron chi connectivity index (χ4n) is 1.70. The molecule has 1 fully saturated rings. The number of benzene rings is 1. The molecule has 0 unspecified atom stereocenters. The molecule has 8 heteroatoms. The molecule has 0 spiro atoms. The lowest BCUT2D eigenvalue weighted by Gasteiger charge is -2.26. The van der Waals surface area contributed by atoms with Gasteiger partial charge in [0.25, 0.3) is 0 Å². The van der Waals surface area contributed by atoms with E-state index in [1.807, 2.05) is 0 Å². The van der Waals surface area contributed by atoms with Gasteiger partial charge in [0, 0.05) is 26.2 Å². The number of nitrogens with zero attached hydrogens (tertiary/aromatic N) is 1. The van der Waals surface area contributed by atoms with Crippen LogP contribution in [-0.4, -0.2) is 38.9 Å². The van der Waals surface area contributed by atoms with Crippen LogP contribution in [0.2, 0.25) is 0 Å². The van der Waals surface area contributed by atoms with Crippen LogP contribution < -0.4 is 5.32 Å². The number of nitrogens with one attached hydrogen (secondary N) is 1. The summed E-state index contributed by atoms with van der Waals surface area (Å²) < 4.78 is 51.7. The maximum absolute atomic E-state index is 13.4. The lowest BCUT2D eigenvalue weighted by atomic mass is 10.3. The zero-order chi connectivity index (χ0) is 12.5. The quantitative estimate of drug-likeness (QED) is 0.885. The van der Waals surface area contributed by atoms with Crippen LogP contribution in [0.3, 0.4) is 0 Å². The van der Waals surface area contributed by atoms with Crippen LogP contribution in [0.5, 0.6) is 0 Å². The summed E-state index contributed by atoms with van der Waals surface area (Å²) in [5, 5.41) is 2.99. The van der Waals surface area contributed by atoms with Crippen molar-refractivity contribution in [1.29, 1.82) is 0 Å². The van der Waals surface area contributed by atoms with Gasteiger partial charge in [-0.15, -0.1) is 12.4 Å². The molecule has 1 heterocycles. The topological polar surface area (TPSA) is 49.4 Å². The minimum absolute atomic E-state index is 0. The van der Waals surface area contributed by atoms with E-state index in [0.717, 1.165) is 16.4 Å². The summed E-state index contributed by atoms with van der Waals surface area (Å²) in [5.74, 6) is -1.69. The normalized spacial score (nSPS) is 17.2. The number of halogens is 3. The van der Waals surface area contributed by atoms with Crippen molar-refractivity contribution in [2.24, 2.45) is 0 Å². The Labute approximate surface area is 110 Å². The Hall–Kier alpha value is -0.760. The lowest BCUT2D eigenvalue weighted by Crippen LogP contribution is -2.46. The van der Waals surface area contributed by atoms with E-state index >= 15 is 0 Å². The van der Waals surface area contributed by atoms with Gasteiger partial charge in [-0.2, -0.15) is 4.31 Å². The minimum Gasteiger partial charge on any atom is -0.314 e. The largest absolute Gasteiger partial charge is 0.314 e. The fourth-order valence-corrected chi connectivity index (χ4v) is 3.22. The van der Waals surface area contributed by atoms with Gasteiger partial charge in [0.1, 0.15) is 16.5 Å². The smallest absolute Gasteiger partial charge is 0.246 e. The first-order chi connectivity index (χ1) is 8.01. The van der Waals surface area contributed by atoms with E-state index in [2.05, 4.69) is 5.32 Å². The van der Waals surface area contributed by atoms with E-state index in [9.17, 15) is 17.2 Å². The van der Waals surface area contributed by atoms with Crippen LogP contribution >= 0.6 is 12.4 Å². The van der Waals surface area contributed by atoms with Crippen LogP contribution in [0.1, 0.15) is 0 Å². The Bertz CT molecular complexity index is 519. The average molecular weight is 299 g/mol. The van der Waals surface area contributed by atoms with Gasteiger partial charge in [-0.1, -0.05) is 0 Å². The first kappa shape index (κ1) is 15.3. The van der Waals surface area contributed by atoms with Crippen molar-refractivity contribution in [1.82, 2.24) is 9.62 Å². The second-order valence-corrected chi connectivity index (χ2v) is 5.64. The molecule has 0 saturated carbocycles. The molecule has 0 bridgehead atoms. The molecule has 4 nitrogen and oxygen atoms in total. The van der Waals surface area contributed by atoms with E-state index in [4.69, 9.17) is 0 Å². The molecule has 1 aliphatic rings. The number of hydrogen-bond acceptors (Lipinski definition) is 3. The summed E-state index contributed by atoms with van der Waals surface area (Å²) >= 11 is 0. The Morgan fingerprint density at radius 1 is 1.17 bits per heavy atom. The molecule has 1 N–H and O–H groups in total. The molecule has 0 aliphatic carbocycles. The first-order valence-electron chi connectivity index (χ1n) is 5.18. The Morgan fingerprint density at radius 2 is 1.78 bits per heavy atom. The molecule has 0 amide bonds. The molecule has 1 aromatic rings. The van der Waals surface area contributed by atoms with E-state index in [0.29, 0.717) is 19.2 Å². The van der Waals surface area contributed by atoms with Gasteiger partial charge in [-0.25, -0.2) is 17.2 Å². The molecule has 1 saturated heterocycles. The second kappa shape index (κ2) is 5.92. The molecule has 2 rings (SSSR count). The van der Waals surface area contributed by atoms with Crippen LogP contribution in [0, 0.1) is 11.6 Å². The predicted molar refractivity (Wildman–Crippen MR) is 65.2 cm³/mol. The van der Waals surface area contributed by atoms with Crippen LogP contribution in [0.4, 0.5) is 8.78 Å².